The van der Waals surface area contributed by atoms with E-state index >= 15 is 0 Å². The van der Waals surface area contributed by atoms with Gasteiger partial charge in [-0.25, -0.2) is 8.78 Å². The van der Waals surface area contributed by atoms with Gasteiger partial charge in [0.05, 0.1) is 24.2 Å². The Labute approximate surface area is 169 Å². The van der Waals surface area contributed by atoms with Crippen molar-refractivity contribution in [1.29, 1.82) is 5.26 Å². The minimum Gasteiger partial charge on any atom is -0.358 e. The van der Waals surface area contributed by atoms with Gasteiger partial charge < -0.3 is 15.5 Å². The highest BCUT2D eigenvalue weighted by molar-refractivity contribution is 6.01. The standard InChI is InChI=1S/C21H25F2N5O/c1-12-3-17(8-24)27(9-12)13(2)19(25)11-26-10-18-7-20(26)21(29)28(18)16-5-14(22)4-15(23)6-16/h4-6,12,17-20H,2-3,7,9-11,25H2,1H3/t12?,17?,18-,19?,20?/m0/s1. The predicted molar refractivity (Wildman–Crippen MR) is 105 cm³/mol. The lowest BCUT2D eigenvalue weighted by molar-refractivity contribution is -0.122. The number of piperazine rings is 1. The van der Waals surface area contributed by atoms with Gasteiger partial charge in [0, 0.05) is 37.1 Å². The monoisotopic (exact) mass is 401 g/mol. The summed E-state index contributed by atoms with van der Waals surface area (Å²) in [6, 6.07) is 4.42. The number of likely N-dealkylation sites (tertiary alicyclic amines) is 2. The number of fused-ring (bicyclic) bond motifs is 2. The molecule has 3 saturated heterocycles. The number of amides is 1. The molecule has 154 valence electrons. The van der Waals surface area contributed by atoms with Crippen LogP contribution in [0.2, 0.25) is 0 Å². The summed E-state index contributed by atoms with van der Waals surface area (Å²) in [5.74, 6) is -1.14. The molecule has 2 bridgehead atoms. The van der Waals surface area contributed by atoms with Crippen LogP contribution in [0.5, 0.6) is 0 Å². The minimum atomic E-state index is -0.697. The summed E-state index contributed by atoms with van der Waals surface area (Å²) in [5, 5.41) is 9.38. The average molecular weight is 401 g/mol. The number of benzene rings is 1. The van der Waals surface area contributed by atoms with Crippen LogP contribution < -0.4 is 10.6 Å². The van der Waals surface area contributed by atoms with Gasteiger partial charge in [-0.05, 0) is 30.9 Å². The first-order chi connectivity index (χ1) is 13.8. The number of halogens is 2. The molecule has 6 nitrogen and oxygen atoms in total. The number of hydrogen-bond donors (Lipinski definition) is 1. The Morgan fingerprint density at radius 1 is 1.31 bits per heavy atom. The molecule has 0 spiro atoms. The van der Waals surface area contributed by atoms with Crippen LogP contribution in [-0.2, 0) is 4.79 Å². The molecule has 5 atom stereocenters. The Morgan fingerprint density at radius 3 is 2.62 bits per heavy atom. The molecule has 0 aliphatic carbocycles. The van der Waals surface area contributed by atoms with Crippen molar-refractivity contribution < 1.29 is 13.6 Å². The number of carbonyl (C=O) groups is 1. The van der Waals surface area contributed by atoms with Gasteiger partial charge in [-0.2, -0.15) is 5.26 Å². The van der Waals surface area contributed by atoms with Gasteiger partial charge in [0.25, 0.3) is 0 Å². The minimum absolute atomic E-state index is 0.132. The van der Waals surface area contributed by atoms with Crippen LogP contribution in [0.4, 0.5) is 14.5 Å². The van der Waals surface area contributed by atoms with E-state index in [1.165, 1.54) is 17.0 Å². The third-order valence-electron chi connectivity index (χ3n) is 6.28. The molecule has 0 aromatic heterocycles. The molecule has 29 heavy (non-hydrogen) atoms. The van der Waals surface area contributed by atoms with E-state index in [0.717, 1.165) is 24.7 Å². The fourth-order valence-electron chi connectivity index (χ4n) is 4.94. The number of nitrogens with zero attached hydrogens (tertiary/aromatic N) is 4. The molecule has 1 aromatic carbocycles. The molecule has 3 fully saturated rings. The van der Waals surface area contributed by atoms with Crippen LogP contribution in [0.1, 0.15) is 19.8 Å². The van der Waals surface area contributed by atoms with Gasteiger partial charge in [-0.3, -0.25) is 9.69 Å². The van der Waals surface area contributed by atoms with Crippen molar-refractivity contribution in [2.45, 2.75) is 43.9 Å². The molecule has 0 saturated carbocycles. The van der Waals surface area contributed by atoms with Crippen LogP contribution in [0, 0.1) is 28.9 Å². The quantitative estimate of drug-likeness (QED) is 0.815. The summed E-state index contributed by atoms with van der Waals surface area (Å²) >= 11 is 0. The van der Waals surface area contributed by atoms with E-state index in [9.17, 15) is 18.8 Å². The largest absolute Gasteiger partial charge is 0.358 e. The van der Waals surface area contributed by atoms with E-state index < -0.39 is 11.6 Å². The number of nitriles is 1. The van der Waals surface area contributed by atoms with Gasteiger partial charge in [0.15, 0.2) is 0 Å². The van der Waals surface area contributed by atoms with Gasteiger partial charge in [-0.1, -0.05) is 13.5 Å². The highest BCUT2D eigenvalue weighted by Gasteiger charge is 2.50. The van der Waals surface area contributed by atoms with Crippen molar-refractivity contribution in [3.05, 3.63) is 42.1 Å². The average Bonchev–Trinajstić information content (AvgIpc) is 3.32. The van der Waals surface area contributed by atoms with Gasteiger partial charge in [0.1, 0.15) is 17.7 Å². The molecule has 3 heterocycles. The maximum Gasteiger partial charge on any atom is 0.244 e. The molecule has 0 radical (unpaired) electrons. The molecule has 8 heteroatoms. The third kappa shape index (κ3) is 3.49. The lowest BCUT2D eigenvalue weighted by atomic mass is 10.1. The van der Waals surface area contributed by atoms with Crippen molar-refractivity contribution >= 4 is 11.6 Å². The summed E-state index contributed by atoms with van der Waals surface area (Å²) in [4.78, 5) is 18.4. The van der Waals surface area contributed by atoms with Crippen molar-refractivity contribution in [3.63, 3.8) is 0 Å². The number of nitrogens with two attached hydrogens (primary N) is 1. The fourth-order valence-corrected chi connectivity index (χ4v) is 4.94. The molecular formula is C21H25F2N5O. The zero-order chi connectivity index (χ0) is 20.9. The first-order valence-corrected chi connectivity index (χ1v) is 9.92. The van der Waals surface area contributed by atoms with Crippen molar-refractivity contribution in [3.8, 4) is 6.07 Å². The molecule has 2 N–H and O–H groups in total. The maximum absolute atomic E-state index is 13.6. The van der Waals surface area contributed by atoms with E-state index in [4.69, 9.17) is 5.73 Å². The van der Waals surface area contributed by atoms with Crippen molar-refractivity contribution in [2.75, 3.05) is 24.5 Å². The normalized spacial score (nSPS) is 30.1. The second kappa shape index (κ2) is 7.39. The summed E-state index contributed by atoms with van der Waals surface area (Å²) in [7, 11) is 0. The van der Waals surface area contributed by atoms with Crippen LogP contribution in [0.3, 0.4) is 0 Å². The summed E-state index contributed by atoms with van der Waals surface area (Å²) < 4.78 is 27.2. The van der Waals surface area contributed by atoms with E-state index in [2.05, 4.69) is 19.6 Å². The van der Waals surface area contributed by atoms with E-state index in [1.54, 1.807) is 0 Å². The highest BCUT2D eigenvalue weighted by Crippen LogP contribution is 2.36. The number of hydrogen-bond acceptors (Lipinski definition) is 5. The Morgan fingerprint density at radius 2 is 2.00 bits per heavy atom. The second-order valence-corrected chi connectivity index (χ2v) is 8.43. The lowest BCUT2D eigenvalue weighted by Crippen LogP contribution is -2.54. The predicted octanol–water partition coefficient (Wildman–Crippen LogP) is 1.83. The topological polar surface area (TPSA) is 76.6 Å². The molecule has 3 aliphatic rings. The Balaban J connectivity index is 1.42. The van der Waals surface area contributed by atoms with Gasteiger partial charge >= 0.3 is 0 Å². The van der Waals surface area contributed by atoms with Crippen LogP contribution in [0.25, 0.3) is 0 Å². The molecule has 1 aromatic rings. The number of anilines is 1. The van der Waals surface area contributed by atoms with Crippen LogP contribution in [-0.4, -0.2) is 59.5 Å². The smallest absolute Gasteiger partial charge is 0.244 e. The molecular weight excluding hydrogens is 376 g/mol. The Bertz CT molecular complexity index is 864. The van der Waals surface area contributed by atoms with E-state index in [-0.39, 0.29) is 35.8 Å². The Hall–Kier alpha value is -2.50. The summed E-state index contributed by atoms with van der Waals surface area (Å²) in [6.07, 6.45) is 1.41. The van der Waals surface area contributed by atoms with Crippen LogP contribution in [0.15, 0.2) is 30.5 Å². The molecule has 4 unspecified atom stereocenters. The summed E-state index contributed by atoms with van der Waals surface area (Å²) in [5.41, 5.74) is 7.37. The van der Waals surface area contributed by atoms with Crippen molar-refractivity contribution in [2.24, 2.45) is 11.7 Å². The summed E-state index contributed by atoms with van der Waals surface area (Å²) in [6.45, 7) is 8.03. The van der Waals surface area contributed by atoms with Crippen LogP contribution >= 0.6 is 0 Å². The van der Waals surface area contributed by atoms with Gasteiger partial charge in [0.2, 0.25) is 5.91 Å². The second-order valence-electron chi connectivity index (χ2n) is 8.43. The maximum atomic E-state index is 13.6. The van der Waals surface area contributed by atoms with Crippen molar-refractivity contribution in [1.82, 2.24) is 9.80 Å². The van der Waals surface area contributed by atoms with E-state index in [0.29, 0.717) is 25.4 Å². The third-order valence-corrected chi connectivity index (χ3v) is 6.28. The fraction of sp³-hybridized carbons (Fsp3) is 0.524. The van der Waals surface area contributed by atoms with E-state index in [1.807, 2.05) is 9.80 Å². The zero-order valence-electron chi connectivity index (χ0n) is 16.4. The molecule has 1 amide bonds. The Kier molecular flexibility index (Phi) is 5.05. The zero-order valence-corrected chi connectivity index (χ0v) is 16.4. The number of rotatable bonds is 5. The first kappa shape index (κ1) is 19.8. The first-order valence-electron chi connectivity index (χ1n) is 9.92. The number of carbonyl (C=O) groups excluding carboxylic acids is 1. The molecule has 3 aliphatic heterocycles. The lowest BCUT2D eigenvalue weighted by Gasteiger charge is -2.36. The SMILES string of the molecule is C=C(C(N)CN1C[C@@H]2CC1C(=O)N2c1cc(F)cc(F)c1)N1CC(C)CC1C#N. The molecule has 4 rings (SSSR count). The highest BCUT2D eigenvalue weighted by atomic mass is 19.1. The van der Waals surface area contributed by atoms with Gasteiger partial charge in [-0.15, -0.1) is 0 Å².